The lowest BCUT2D eigenvalue weighted by Crippen LogP contribution is -2.30. The summed E-state index contributed by atoms with van der Waals surface area (Å²) in [4.78, 5) is 24.7. The van der Waals surface area contributed by atoms with Crippen LogP contribution in [0.4, 0.5) is 5.69 Å². The van der Waals surface area contributed by atoms with E-state index in [0.29, 0.717) is 17.8 Å². The van der Waals surface area contributed by atoms with Gasteiger partial charge in [-0.25, -0.2) is 0 Å². The molecule has 0 aliphatic carbocycles. The van der Waals surface area contributed by atoms with E-state index in [2.05, 4.69) is 22.8 Å². The van der Waals surface area contributed by atoms with Gasteiger partial charge in [-0.05, 0) is 36.6 Å². The van der Waals surface area contributed by atoms with Gasteiger partial charge in [0.05, 0.1) is 5.25 Å². The third kappa shape index (κ3) is 5.92. The highest BCUT2D eigenvalue weighted by molar-refractivity contribution is 7.99. The van der Waals surface area contributed by atoms with E-state index < -0.39 is 0 Å². The number of hydrogen-bond acceptors (Lipinski definition) is 3. The van der Waals surface area contributed by atoms with Crippen LogP contribution in [-0.2, 0) is 10.5 Å². The fraction of sp³-hybridized carbons (Fsp3) is 0.333. The maximum atomic E-state index is 12.7. The van der Waals surface area contributed by atoms with Crippen molar-refractivity contribution in [2.24, 2.45) is 5.92 Å². The topological polar surface area (TPSA) is 58.2 Å². The number of amides is 2. The number of rotatable bonds is 8. The number of carbonyl (C=O) groups excluding carboxylic acids is 2. The predicted molar refractivity (Wildman–Crippen MR) is 109 cm³/mol. The first-order valence-corrected chi connectivity index (χ1v) is 9.90. The first kappa shape index (κ1) is 20.0. The minimum Gasteiger partial charge on any atom is -0.352 e. The molecule has 0 aliphatic rings. The summed E-state index contributed by atoms with van der Waals surface area (Å²) in [6, 6.07) is 17.2. The monoisotopic (exact) mass is 370 g/mol. The largest absolute Gasteiger partial charge is 0.352 e. The van der Waals surface area contributed by atoms with Crippen LogP contribution in [0.15, 0.2) is 54.6 Å². The molecular weight excluding hydrogens is 344 g/mol. The summed E-state index contributed by atoms with van der Waals surface area (Å²) >= 11 is 1.64. The summed E-state index contributed by atoms with van der Waals surface area (Å²) in [5, 5.41) is 5.56. The average molecular weight is 371 g/mol. The molecule has 2 amide bonds. The molecule has 0 radical (unpaired) electrons. The number of anilines is 1. The highest BCUT2D eigenvalue weighted by Gasteiger charge is 2.23. The molecule has 0 saturated carbocycles. The minimum absolute atomic E-state index is 0.0334. The SMILES string of the molecule is CCNC(=O)c1cccc(NC(=O)C(SCc2ccccc2)C(C)C)c1. The van der Waals surface area contributed by atoms with Gasteiger partial charge in [0.15, 0.2) is 0 Å². The van der Waals surface area contributed by atoms with Gasteiger partial charge in [-0.2, -0.15) is 0 Å². The smallest absolute Gasteiger partial charge is 0.251 e. The van der Waals surface area contributed by atoms with Gasteiger partial charge < -0.3 is 10.6 Å². The molecule has 0 aliphatic heterocycles. The van der Waals surface area contributed by atoms with Crippen LogP contribution in [0.25, 0.3) is 0 Å². The van der Waals surface area contributed by atoms with Crippen LogP contribution >= 0.6 is 11.8 Å². The van der Waals surface area contributed by atoms with Crippen molar-refractivity contribution >= 4 is 29.3 Å². The van der Waals surface area contributed by atoms with Crippen molar-refractivity contribution in [3.63, 3.8) is 0 Å². The van der Waals surface area contributed by atoms with E-state index in [9.17, 15) is 9.59 Å². The van der Waals surface area contributed by atoms with Crippen LogP contribution in [0.1, 0.15) is 36.7 Å². The first-order valence-electron chi connectivity index (χ1n) is 8.86. The van der Waals surface area contributed by atoms with Gasteiger partial charge in [-0.15, -0.1) is 11.8 Å². The molecule has 1 unspecified atom stereocenters. The molecule has 5 heteroatoms. The van der Waals surface area contributed by atoms with Crippen LogP contribution in [0.2, 0.25) is 0 Å². The molecule has 4 nitrogen and oxygen atoms in total. The van der Waals surface area contributed by atoms with E-state index in [1.807, 2.05) is 39.0 Å². The quantitative estimate of drug-likeness (QED) is 0.727. The standard InChI is InChI=1S/C21H26N2O2S/c1-4-22-20(24)17-11-8-12-18(13-17)23-21(25)19(15(2)3)26-14-16-9-6-5-7-10-16/h5-13,15,19H,4,14H2,1-3H3,(H,22,24)(H,23,25). The molecule has 1 atom stereocenters. The summed E-state index contributed by atoms with van der Waals surface area (Å²) in [5.74, 6) is 0.822. The van der Waals surface area contributed by atoms with Crippen molar-refractivity contribution in [3.05, 3.63) is 65.7 Å². The van der Waals surface area contributed by atoms with Crippen molar-refractivity contribution < 1.29 is 9.59 Å². The highest BCUT2D eigenvalue weighted by Crippen LogP contribution is 2.25. The molecule has 2 aromatic rings. The molecule has 0 heterocycles. The van der Waals surface area contributed by atoms with E-state index in [-0.39, 0.29) is 23.0 Å². The maximum absolute atomic E-state index is 12.7. The Morgan fingerprint density at radius 3 is 2.42 bits per heavy atom. The highest BCUT2D eigenvalue weighted by atomic mass is 32.2. The molecule has 26 heavy (non-hydrogen) atoms. The molecule has 0 fully saturated rings. The molecule has 0 bridgehead atoms. The summed E-state index contributed by atoms with van der Waals surface area (Å²) in [7, 11) is 0. The number of hydrogen-bond donors (Lipinski definition) is 2. The van der Waals surface area contributed by atoms with Crippen LogP contribution in [0.3, 0.4) is 0 Å². The predicted octanol–water partition coefficient (Wildman–Crippen LogP) is 4.33. The maximum Gasteiger partial charge on any atom is 0.251 e. The second-order valence-corrected chi connectivity index (χ2v) is 7.52. The molecule has 0 aromatic heterocycles. The second-order valence-electron chi connectivity index (χ2n) is 6.39. The first-order chi connectivity index (χ1) is 12.5. The lowest BCUT2D eigenvalue weighted by atomic mass is 10.1. The number of thioether (sulfide) groups is 1. The van der Waals surface area contributed by atoms with Crippen molar-refractivity contribution in [2.45, 2.75) is 31.8 Å². The minimum atomic E-state index is -0.164. The molecule has 0 spiro atoms. The zero-order valence-corrected chi connectivity index (χ0v) is 16.3. The van der Waals surface area contributed by atoms with Crippen molar-refractivity contribution in [1.29, 1.82) is 0 Å². The van der Waals surface area contributed by atoms with Gasteiger partial charge >= 0.3 is 0 Å². The fourth-order valence-electron chi connectivity index (χ4n) is 2.55. The average Bonchev–Trinajstić information content (AvgIpc) is 2.63. The van der Waals surface area contributed by atoms with E-state index >= 15 is 0 Å². The van der Waals surface area contributed by atoms with E-state index in [0.717, 1.165) is 5.75 Å². The normalized spacial score (nSPS) is 11.8. The van der Waals surface area contributed by atoms with Gasteiger partial charge in [-0.3, -0.25) is 9.59 Å². The summed E-state index contributed by atoms with van der Waals surface area (Å²) < 4.78 is 0. The van der Waals surface area contributed by atoms with Crippen molar-refractivity contribution in [3.8, 4) is 0 Å². The van der Waals surface area contributed by atoms with Gasteiger partial charge in [0, 0.05) is 23.5 Å². The zero-order valence-electron chi connectivity index (χ0n) is 15.5. The molecule has 2 rings (SSSR count). The van der Waals surface area contributed by atoms with E-state index in [4.69, 9.17) is 0 Å². The Hall–Kier alpha value is -2.27. The molecule has 2 N–H and O–H groups in total. The van der Waals surface area contributed by atoms with Gasteiger partial charge in [0.1, 0.15) is 0 Å². The lowest BCUT2D eigenvalue weighted by molar-refractivity contribution is -0.116. The Labute approximate surface area is 159 Å². The summed E-state index contributed by atoms with van der Waals surface area (Å²) in [6.45, 7) is 6.54. The fourth-order valence-corrected chi connectivity index (χ4v) is 3.70. The van der Waals surface area contributed by atoms with E-state index in [1.54, 1.807) is 36.0 Å². The molecule has 2 aromatic carbocycles. The second kappa shape index (κ2) is 10.0. The summed E-state index contributed by atoms with van der Waals surface area (Å²) in [6.07, 6.45) is 0. The number of nitrogens with one attached hydrogen (secondary N) is 2. The van der Waals surface area contributed by atoms with E-state index in [1.165, 1.54) is 5.56 Å². The van der Waals surface area contributed by atoms with Gasteiger partial charge in [-0.1, -0.05) is 50.2 Å². The zero-order chi connectivity index (χ0) is 18.9. The van der Waals surface area contributed by atoms with Crippen molar-refractivity contribution in [1.82, 2.24) is 5.32 Å². The Balaban J connectivity index is 2.03. The third-order valence-electron chi connectivity index (χ3n) is 3.87. The number of carbonyl (C=O) groups is 2. The number of benzene rings is 2. The Bertz CT molecular complexity index is 732. The third-order valence-corrected chi connectivity index (χ3v) is 5.48. The van der Waals surface area contributed by atoms with Crippen LogP contribution in [0.5, 0.6) is 0 Å². The van der Waals surface area contributed by atoms with Crippen LogP contribution < -0.4 is 10.6 Å². The van der Waals surface area contributed by atoms with Crippen molar-refractivity contribution in [2.75, 3.05) is 11.9 Å². The Kier molecular flexibility index (Phi) is 7.73. The summed E-state index contributed by atoms with van der Waals surface area (Å²) in [5.41, 5.74) is 2.39. The van der Waals surface area contributed by atoms with Crippen LogP contribution in [0, 0.1) is 5.92 Å². The molecule has 138 valence electrons. The van der Waals surface area contributed by atoms with Crippen LogP contribution in [-0.4, -0.2) is 23.6 Å². The molecular formula is C21H26N2O2S. The van der Waals surface area contributed by atoms with Gasteiger partial charge in [0.25, 0.3) is 5.91 Å². The molecule has 0 saturated heterocycles. The Morgan fingerprint density at radius 1 is 1.04 bits per heavy atom. The van der Waals surface area contributed by atoms with Gasteiger partial charge in [0.2, 0.25) is 5.91 Å². The lowest BCUT2D eigenvalue weighted by Gasteiger charge is -2.20. The Morgan fingerprint density at radius 2 is 1.77 bits per heavy atom.